The molecule has 0 amide bonds. The van der Waals surface area contributed by atoms with Crippen molar-refractivity contribution >= 4 is 51.4 Å². The van der Waals surface area contributed by atoms with Gasteiger partial charge in [-0.1, -0.05) is 0 Å². The van der Waals surface area contributed by atoms with Gasteiger partial charge in [-0.3, -0.25) is 0 Å². The summed E-state index contributed by atoms with van der Waals surface area (Å²) in [7, 11) is 0. The van der Waals surface area contributed by atoms with Crippen LogP contribution in [-0.4, -0.2) is 51.4 Å². The van der Waals surface area contributed by atoms with Crippen molar-refractivity contribution in [1.82, 2.24) is 0 Å². The molecular formula is CrKVZn. The maximum absolute atomic E-state index is 0. The summed E-state index contributed by atoms with van der Waals surface area (Å²) < 4.78 is 0. The van der Waals surface area contributed by atoms with Gasteiger partial charge in [-0.2, -0.15) is 0 Å². The number of hydrogen-bond acceptors (Lipinski definition) is 0. The first kappa shape index (κ1) is 26.3. The zero-order chi connectivity index (χ0) is 0. The molecule has 0 fully saturated rings. The van der Waals surface area contributed by atoms with E-state index < -0.39 is 0 Å². The molecule has 0 nitrogen and oxygen atoms in total. The topological polar surface area (TPSA) is 0 Å². The molecule has 0 aliphatic rings. The van der Waals surface area contributed by atoms with E-state index in [2.05, 4.69) is 0 Å². The molecule has 0 bridgehead atoms. The summed E-state index contributed by atoms with van der Waals surface area (Å²) in [4.78, 5) is 0. The molecular weight excluding hydrogens is 207 g/mol. The molecule has 4 heavy (non-hydrogen) atoms. The average molecular weight is 207 g/mol. The van der Waals surface area contributed by atoms with Crippen LogP contribution in [-0.2, 0) is 55.4 Å². The maximum Gasteiger partial charge on any atom is 0 e. The Morgan fingerprint density at radius 1 is 1.00 bits per heavy atom. The second-order valence-electron chi connectivity index (χ2n) is 0. The minimum Gasteiger partial charge on any atom is 0 e. The van der Waals surface area contributed by atoms with Crippen molar-refractivity contribution in [1.29, 1.82) is 0 Å². The Kier molecular flexibility index (Phi) is 106. The van der Waals surface area contributed by atoms with Gasteiger partial charge in [0.25, 0.3) is 0 Å². The van der Waals surface area contributed by atoms with E-state index in [-0.39, 0.29) is 107 Å². The molecule has 0 unspecified atom stereocenters. The summed E-state index contributed by atoms with van der Waals surface area (Å²) in [5.74, 6) is 0. The zero-order valence-electron chi connectivity index (χ0n) is 2.56. The first-order valence-corrected chi connectivity index (χ1v) is 0. The molecule has 0 rings (SSSR count). The van der Waals surface area contributed by atoms with Gasteiger partial charge in [0.05, 0.1) is 0 Å². The Morgan fingerprint density at radius 3 is 1.00 bits per heavy atom. The molecule has 0 saturated carbocycles. The van der Waals surface area contributed by atoms with Gasteiger partial charge in [-0.15, -0.1) is 0 Å². The van der Waals surface area contributed by atoms with Crippen LogP contribution >= 0.6 is 0 Å². The van der Waals surface area contributed by atoms with E-state index in [0.717, 1.165) is 0 Å². The summed E-state index contributed by atoms with van der Waals surface area (Å²) in [5.41, 5.74) is 0. The molecule has 0 heterocycles. The molecule has 4 heteroatoms. The van der Waals surface area contributed by atoms with Crippen molar-refractivity contribution in [2.24, 2.45) is 0 Å². The quantitative estimate of drug-likeness (QED) is 0.475. The predicted molar refractivity (Wildman–Crippen MR) is 5.75 cm³/mol. The average Bonchev–Trinajstić information content (AvgIpc) is 0. The summed E-state index contributed by atoms with van der Waals surface area (Å²) in [6.07, 6.45) is 0. The van der Waals surface area contributed by atoms with Crippen LogP contribution in [0.2, 0.25) is 0 Å². The summed E-state index contributed by atoms with van der Waals surface area (Å²) in [6, 6.07) is 0. The van der Waals surface area contributed by atoms with E-state index in [9.17, 15) is 0 Å². The number of rotatable bonds is 0. The molecule has 2 radical (unpaired) electrons. The fourth-order valence-corrected chi connectivity index (χ4v) is 0. The fraction of sp³-hybridized carbons (Fsp3) is 0. The molecule has 0 N–H and O–H groups in total. The van der Waals surface area contributed by atoms with Crippen molar-refractivity contribution in [2.75, 3.05) is 0 Å². The van der Waals surface area contributed by atoms with Gasteiger partial charge in [0.2, 0.25) is 0 Å². The molecule has 0 aromatic rings. The molecule has 0 atom stereocenters. The smallest absolute Gasteiger partial charge is 0 e. The molecule has 0 aliphatic heterocycles. The SMILES string of the molecule is [Cr].[K].[V].[Zn]. The summed E-state index contributed by atoms with van der Waals surface area (Å²) >= 11 is 0. The first-order valence-electron chi connectivity index (χ1n) is 0. The monoisotopic (exact) mass is 206 g/mol. The largest absolute Gasteiger partial charge is 0 e. The van der Waals surface area contributed by atoms with Crippen LogP contribution in [0.3, 0.4) is 0 Å². The third kappa shape index (κ3) is 9.03. The second kappa shape index (κ2) is 16.2. The maximum atomic E-state index is 0. The van der Waals surface area contributed by atoms with Crippen LogP contribution in [0.1, 0.15) is 0 Å². The Hall–Kier alpha value is 3.38. The van der Waals surface area contributed by atoms with Gasteiger partial charge in [0.15, 0.2) is 0 Å². The van der Waals surface area contributed by atoms with Gasteiger partial charge >= 0.3 is 0 Å². The molecule has 0 aromatic carbocycles. The van der Waals surface area contributed by atoms with E-state index in [4.69, 9.17) is 0 Å². The Balaban J connectivity index is 0. The van der Waals surface area contributed by atoms with Crippen LogP contribution in [0, 0.1) is 0 Å². The van der Waals surface area contributed by atoms with Crippen LogP contribution < -0.4 is 0 Å². The molecule has 0 spiro atoms. The molecule has 14 valence electrons. The number of hydrogen-bond donors (Lipinski definition) is 0. The second-order valence-corrected chi connectivity index (χ2v) is 0. The molecule has 0 saturated heterocycles. The van der Waals surface area contributed by atoms with E-state index in [1.165, 1.54) is 0 Å². The van der Waals surface area contributed by atoms with Crippen LogP contribution in [0.5, 0.6) is 0 Å². The van der Waals surface area contributed by atoms with E-state index in [1.54, 1.807) is 0 Å². The first-order chi connectivity index (χ1) is 0. The van der Waals surface area contributed by atoms with Gasteiger partial charge in [0, 0.05) is 107 Å². The third-order valence-electron chi connectivity index (χ3n) is 0. The van der Waals surface area contributed by atoms with Gasteiger partial charge in [-0.05, 0) is 0 Å². The van der Waals surface area contributed by atoms with Crippen molar-refractivity contribution in [3.8, 4) is 0 Å². The van der Waals surface area contributed by atoms with Crippen LogP contribution in [0.4, 0.5) is 0 Å². The standard InChI is InChI=1S/Cr.K.V.Zn. The summed E-state index contributed by atoms with van der Waals surface area (Å²) in [6.45, 7) is 0. The zero-order valence-corrected chi connectivity index (χ0v) is 11.3. The predicted octanol–water partition coefficient (Wildman–Crippen LogP) is -0.388. The van der Waals surface area contributed by atoms with Crippen molar-refractivity contribution in [3.05, 3.63) is 0 Å². The van der Waals surface area contributed by atoms with Crippen molar-refractivity contribution in [2.45, 2.75) is 0 Å². The summed E-state index contributed by atoms with van der Waals surface area (Å²) in [5, 5.41) is 0. The molecule has 0 aromatic heterocycles. The minimum atomic E-state index is 0. The normalized spacial score (nSPS) is 0. The molecule has 0 aliphatic carbocycles. The van der Waals surface area contributed by atoms with Gasteiger partial charge in [0.1, 0.15) is 0 Å². The van der Waals surface area contributed by atoms with Crippen LogP contribution in [0.15, 0.2) is 0 Å². The third-order valence-corrected chi connectivity index (χ3v) is 0. The Morgan fingerprint density at radius 2 is 1.00 bits per heavy atom. The minimum absolute atomic E-state index is 0. The fourth-order valence-electron chi connectivity index (χ4n) is 0. The van der Waals surface area contributed by atoms with E-state index in [0.29, 0.717) is 0 Å². The Labute approximate surface area is 104 Å². The van der Waals surface area contributed by atoms with E-state index >= 15 is 0 Å². The van der Waals surface area contributed by atoms with Gasteiger partial charge in [-0.25, -0.2) is 0 Å². The Bertz CT molecular complexity index is 8.00. The van der Waals surface area contributed by atoms with E-state index in [1.807, 2.05) is 0 Å². The van der Waals surface area contributed by atoms with Crippen molar-refractivity contribution in [3.63, 3.8) is 0 Å². The van der Waals surface area contributed by atoms with Gasteiger partial charge < -0.3 is 0 Å². The van der Waals surface area contributed by atoms with Crippen LogP contribution in [0.25, 0.3) is 0 Å². The van der Waals surface area contributed by atoms with Crippen molar-refractivity contribution < 1.29 is 55.4 Å².